The van der Waals surface area contributed by atoms with Crippen molar-refractivity contribution in [3.63, 3.8) is 0 Å². The smallest absolute Gasteiger partial charge is 0.162 e. The molecule has 4 atom stereocenters. The molecule has 8 heteroatoms. The molecule has 0 saturated heterocycles. The number of ether oxygens (including phenoxy) is 2. The first kappa shape index (κ1) is 18.0. The molecule has 0 aliphatic heterocycles. The summed E-state index contributed by atoms with van der Waals surface area (Å²) in [4.78, 5) is 4.40. The van der Waals surface area contributed by atoms with Crippen LogP contribution in [0.15, 0.2) is 42.5 Å². The van der Waals surface area contributed by atoms with Crippen LogP contribution in [-0.2, 0) is 4.74 Å². The van der Waals surface area contributed by atoms with Crippen LogP contribution < -0.4 is 15.8 Å². The van der Waals surface area contributed by atoms with Crippen molar-refractivity contribution in [2.45, 2.75) is 50.0 Å². The van der Waals surface area contributed by atoms with E-state index < -0.39 is 6.10 Å². The largest absolute Gasteiger partial charge is 0.488 e. The summed E-state index contributed by atoms with van der Waals surface area (Å²) in [6.45, 7) is 0. The minimum absolute atomic E-state index is 0.0470. The second-order valence-electron chi connectivity index (χ2n) is 7.03. The first-order valence-electron chi connectivity index (χ1n) is 9.25. The molecule has 2 aliphatic rings. The third-order valence-electron chi connectivity index (χ3n) is 5.13. The van der Waals surface area contributed by atoms with Crippen LogP contribution in [0.2, 0.25) is 0 Å². The molecule has 27 heavy (non-hydrogen) atoms. The van der Waals surface area contributed by atoms with E-state index in [0.29, 0.717) is 18.0 Å². The molecule has 144 valence electrons. The Labute approximate surface area is 157 Å². The Morgan fingerprint density at radius 2 is 2.26 bits per heavy atom. The number of hydrogen-bond donors (Lipinski definition) is 3. The van der Waals surface area contributed by atoms with Crippen LogP contribution in [0.1, 0.15) is 25.7 Å². The van der Waals surface area contributed by atoms with Gasteiger partial charge in [-0.3, -0.25) is 0 Å². The van der Waals surface area contributed by atoms with Crippen molar-refractivity contribution < 1.29 is 14.6 Å². The zero-order chi connectivity index (χ0) is 18.8. The van der Waals surface area contributed by atoms with Gasteiger partial charge in [0.1, 0.15) is 17.9 Å². The van der Waals surface area contributed by atoms with E-state index in [9.17, 15) is 5.11 Å². The van der Waals surface area contributed by atoms with E-state index in [4.69, 9.17) is 15.2 Å². The van der Waals surface area contributed by atoms with Gasteiger partial charge in [-0.2, -0.15) is 5.10 Å². The number of nitrogens with zero attached hydrogens (tertiary/aromatic N) is 3. The van der Waals surface area contributed by atoms with Crippen molar-refractivity contribution in [3.8, 4) is 5.75 Å². The number of aliphatic hydroxyl groups is 1. The molecule has 2 aromatic rings. The second-order valence-corrected chi connectivity index (χ2v) is 7.03. The molecule has 0 bridgehead atoms. The summed E-state index contributed by atoms with van der Waals surface area (Å²) in [7, 11) is 1.70. The number of hydrogen-bond acceptors (Lipinski definition) is 7. The van der Waals surface area contributed by atoms with Crippen LogP contribution in [0.5, 0.6) is 5.75 Å². The molecule has 8 nitrogen and oxygen atoms in total. The lowest BCUT2D eigenvalue weighted by molar-refractivity contribution is 0.0399. The molecule has 1 fully saturated rings. The quantitative estimate of drug-likeness (QED) is 0.733. The van der Waals surface area contributed by atoms with E-state index in [-0.39, 0.29) is 18.2 Å². The molecule has 4 unspecified atom stereocenters. The molecule has 0 spiro atoms. The Morgan fingerprint density at radius 3 is 3.07 bits per heavy atom. The number of fused-ring (bicyclic) bond motifs is 1. The van der Waals surface area contributed by atoms with Crippen molar-refractivity contribution in [2.75, 3.05) is 12.4 Å². The van der Waals surface area contributed by atoms with Gasteiger partial charge in [0.25, 0.3) is 0 Å². The molecule has 0 aromatic carbocycles. The van der Waals surface area contributed by atoms with Gasteiger partial charge in [-0.15, -0.1) is 0 Å². The summed E-state index contributed by atoms with van der Waals surface area (Å²) < 4.78 is 13.3. The van der Waals surface area contributed by atoms with Crippen molar-refractivity contribution in [3.05, 3.63) is 42.5 Å². The van der Waals surface area contributed by atoms with Gasteiger partial charge in [0, 0.05) is 37.5 Å². The normalized spacial score (nSPS) is 28.2. The van der Waals surface area contributed by atoms with Gasteiger partial charge in [-0.25, -0.2) is 9.50 Å². The van der Waals surface area contributed by atoms with E-state index in [0.717, 1.165) is 30.5 Å². The number of anilines is 1. The molecule has 4 N–H and O–H groups in total. The average Bonchev–Trinajstić information content (AvgIpc) is 3.09. The average molecular weight is 371 g/mol. The highest BCUT2D eigenvalue weighted by atomic mass is 16.5. The number of methoxy groups -OCH3 is 1. The number of nitrogens with two attached hydrogens (primary N) is 1. The zero-order valence-corrected chi connectivity index (χ0v) is 15.3. The maximum atomic E-state index is 10.0. The number of aromatic nitrogens is 3. The highest BCUT2D eigenvalue weighted by Gasteiger charge is 2.28. The Hall–Kier alpha value is -2.42. The summed E-state index contributed by atoms with van der Waals surface area (Å²) in [5.41, 5.74) is 7.57. The number of rotatable bonds is 5. The first-order chi connectivity index (χ1) is 13.1. The molecular formula is C19H25N5O3. The third kappa shape index (κ3) is 3.83. The SMILES string of the molecule is COC1C=C(Nc2ncnn3ccc(OC4CCC(N)C(O)C4)c23)C=CC1. The van der Waals surface area contributed by atoms with Crippen molar-refractivity contribution in [1.82, 2.24) is 14.6 Å². The Morgan fingerprint density at radius 1 is 1.37 bits per heavy atom. The van der Waals surface area contributed by atoms with Gasteiger partial charge < -0.3 is 25.6 Å². The Balaban J connectivity index is 1.58. The van der Waals surface area contributed by atoms with Crippen LogP contribution in [0.4, 0.5) is 5.82 Å². The summed E-state index contributed by atoms with van der Waals surface area (Å²) in [5.74, 6) is 1.35. The molecular weight excluding hydrogens is 346 g/mol. The standard InChI is InChI=1S/C19H25N5O3/c1-26-13-4-2-3-12(9-13)23-19-18-17(7-8-24(18)22-11-21-19)27-14-5-6-15(20)16(25)10-14/h2-3,7-9,11,13-16,25H,4-6,10,20H2,1H3,(H,21,22,23). The summed E-state index contributed by atoms with van der Waals surface area (Å²) in [5, 5.41) is 17.6. The van der Waals surface area contributed by atoms with Gasteiger partial charge >= 0.3 is 0 Å². The van der Waals surface area contributed by atoms with Crippen LogP contribution in [0.25, 0.3) is 5.52 Å². The summed E-state index contributed by atoms with van der Waals surface area (Å²) >= 11 is 0. The topological polar surface area (TPSA) is 107 Å². The third-order valence-corrected chi connectivity index (χ3v) is 5.13. The maximum absolute atomic E-state index is 10.0. The Kier molecular flexibility index (Phi) is 5.11. The molecule has 4 rings (SSSR count). The predicted molar refractivity (Wildman–Crippen MR) is 101 cm³/mol. The van der Waals surface area contributed by atoms with E-state index >= 15 is 0 Å². The lowest BCUT2D eigenvalue weighted by Gasteiger charge is -2.30. The van der Waals surface area contributed by atoms with Crippen LogP contribution >= 0.6 is 0 Å². The van der Waals surface area contributed by atoms with Gasteiger partial charge in [0.05, 0.1) is 12.2 Å². The van der Waals surface area contributed by atoms with E-state index in [2.05, 4.69) is 21.5 Å². The fourth-order valence-corrected chi connectivity index (χ4v) is 3.57. The summed E-state index contributed by atoms with van der Waals surface area (Å²) in [6, 6.07) is 1.70. The van der Waals surface area contributed by atoms with Crippen molar-refractivity contribution >= 4 is 11.3 Å². The minimum Gasteiger partial charge on any atom is -0.488 e. The minimum atomic E-state index is -0.532. The maximum Gasteiger partial charge on any atom is 0.162 e. The van der Waals surface area contributed by atoms with E-state index in [1.165, 1.54) is 6.33 Å². The fraction of sp³-hybridized carbons (Fsp3) is 0.474. The summed E-state index contributed by atoms with van der Waals surface area (Å²) in [6.07, 6.45) is 11.8. The molecule has 0 amide bonds. The number of allylic oxidation sites excluding steroid dienone is 1. The number of nitrogens with one attached hydrogen (secondary N) is 1. The highest BCUT2D eigenvalue weighted by Crippen LogP contribution is 2.31. The lowest BCUT2D eigenvalue weighted by atomic mass is 9.91. The molecule has 2 heterocycles. The zero-order valence-electron chi connectivity index (χ0n) is 15.3. The number of aliphatic hydroxyl groups excluding tert-OH is 1. The van der Waals surface area contributed by atoms with Crippen LogP contribution in [0.3, 0.4) is 0 Å². The first-order valence-corrected chi connectivity index (χ1v) is 9.25. The van der Waals surface area contributed by atoms with Crippen molar-refractivity contribution in [2.24, 2.45) is 5.73 Å². The lowest BCUT2D eigenvalue weighted by Crippen LogP contribution is -2.43. The molecule has 1 saturated carbocycles. The molecule has 2 aromatic heterocycles. The van der Waals surface area contributed by atoms with E-state index in [1.807, 2.05) is 24.4 Å². The van der Waals surface area contributed by atoms with Gasteiger partial charge in [-0.1, -0.05) is 6.08 Å². The Bertz CT molecular complexity index is 862. The predicted octanol–water partition coefficient (Wildman–Crippen LogP) is 1.62. The van der Waals surface area contributed by atoms with Gasteiger partial charge in [0.2, 0.25) is 0 Å². The van der Waals surface area contributed by atoms with Gasteiger partial charge in [-0.05, 0) is 31.4 Å². The van der Waals surface area contributed by atoms with Gasteiger partial charge in [0.15, 0.2) is 11.6 Å². The van der Waals surface area contributed by atoms with Crippen LogP contribution in [0, 0.1) is 0 Å². The molecule has 2 aliphatic carbocycles. The van der Waals surface area contributed by atoms with E-state index in [1.54, 1.807) is 11.6 Å². The monoisotopic (exact) mass is 371 g/mol. The van der Waals surface area contributed by atoms with Crippen LogP contribution in [-0.4, -0.2) is 51.2 Å². The fourth-order valence-electron chi connectivity index (χ4n) is 3.57. The molecule has 0 radical (unpaired) electrons. The van der Waals surface area contributed by atoms with Crippen molar-refractivity contribution in [1.29, 1.82) is 0 Å². The second kappa shape index (κ2) is 7.67. The highest BCUT2D eigenvalue weighted by molar-refractivity contribution is 5.77.